The second-order valence-electron chi connectivity index (χ2n) is 6.99. The van der Waals surface area contributed by atoms with E-state index in [1.165, 1.54) is 13.5 Å². The molecule has 5 heteroatoms. The number of esters is 1. The number of methoxy groups -OCH3 is 1. The molecule has 0 amide bonds. The summed E-state index contributed by atoms with van der Waals surface area (Å²) in [5, 5.41) is 1.10. The Hall–Kier alpha value is -0.770. The van der Waals surface area contributed by atoms with Crippen molar-refractivity contribution in [2.24, 2.45) is 5.92 Å². The number of carbonyl (C=O) groups excluding carboxylic acids is 1. The van der Waals surface area contributed by atoms with Crippen LogP contribution in [0.2, 0.25) is 10.0 Å². The van der Waals surface area contributed by atoms with Crippen molar-refractivity contribution >= 4 is 29.2 Å². The van der Waals surface area contributed by atoms with E-state index in [1.54, 1.807) is 0 Å². The third-order valence-corrected chi connectivity index (χ3v) is 6.55. The minimum atomic E-state index is -0.115. The fraction of sp³-hybridized carbons (Fsp3) is 0.588. The summed E-state index contributed by atoms with van der Waals surface area (Å²) in [6, 6.07) is 6.63. The molecule has 2 bridgehead atoms. The molecule has 0 aliphatic carbocycles. The number of benzene rings is 1. The Morgan fingerprint density at radius 2 is 1.95 bits per heavy atom. The molecule has 0 saturated carbocycles. The highest BCUT2D eigenvalue weighted by atomic mass is 35.5. The quantitative estimate of drug-likeness (QED) is 0.602. The molecule has 120 valence electrons. The van der Waals surface area contributed by atoms with Crippen LogP contribution in [0.1, 0.15) is 30.7 Å². The summed E-state index contributed by atoms with van der Waals surface area (Å²) < 4.78 is 6.05. The number of piperidine rings is 1. The van der Waals surface area contributed by atoms with Crippen LogP contribution in [0.15, 0.2) is 18.2 Å². The maximum Gasteiger partial charge on any atom is 0.315 e. The third-order valence-electron chi connectivity index (χ3n) is 5.81. The molecule has 0 N–H and O–H groups in total. The molecule has 1 aromatic carbocycles. The summed E-state index contributed by atoms with van der Waals surface area (Å²) in [5.41, 5.74) is 1.10. The van der Waals surface area contributed by atoms with Crippen molar-refractivity contribution in [1.82, 2.24) is 0 Å². The first-order valence-electron chi connectivity index (χ1n) is 7.72. The highest BCUT2D eigenvalue weighted by Crippen LogP contribution is 2.50. The number of rotatable bonds is 2. The monoisotopic (exact) mass is 342 g/mol. The molecule has 0 aromatic heterocycles. The molecule has 0 radical (unpaired) electrons. The van der Waals surface area contributed by atoms with Crippen LogP contribution < -0.4 is 0 Å². The van der Waals surface area contributed by atoms with Crippen molar-refractivity contribution in [2.45, 2.75) is 37.3 Å². The lowest BCUT2D eigenvalue weighted by Crippen LogP contribution is -2.59. The smallest absolute Gasteiger partial charge is 0.315 e. The fourth-order valence-electron chi connectivity index (χ4n) is 4.53. The first kappa shape index (κ1) is 16.1. The SMILES string of the molecule is COC(=O)C1C(c2ccc(Cl)c(Cl)c2)CC2CCC1[N+]2(C)C. The normalized spacial score (nSPS) is 32.8. The Labute approximate surface area is 141 Å². The molecule has 4 atom stereocenters. The van der Waals surface area contributed by atoms with E-state index in [2.05, 4.69) is 14.1 Å². The van der Waals surface area contributed by atoms with Gasteiger partial charge in [-0.2, -0.15) is 0 Å². The van der Waals surface area contributed by atoms with Gasteiger partial charge in [0.15, 0.2) is 0 Å². The van der Waals surface area contributed by atoms with Crippen molar-refractivity contribution in [3.63, 3.8) is 0 Å². The summed E-state index contributed by atoms with van der Waals surface area (Å²) in [7, 11) is 5.96. The zero-order valence-corrected chi connectivity index (χ0v) is 14.7. The molecule has 2 heterocycles. The van der Waals surface area contributed by atoms with Crippen LogP contribution in [0.3, 0.4) is 0 Å². The highest BCUT2D eigenvalue weighted by Gasteiger charge is 2.57. The summed E-state index contributed by atoms with van der Waals surface area (Å²) in [4.78, 5) is 12.5. The van der Waals surface area contributed by atoms with E-state index in [1.807, 2.05) is 18.2 Å². The van der Waals surface area contributed by atoms with Gasteiger partial charge in [-0.25, -0.2) is 0 Å². The Balaban J connectivity index is 2.02. The number of quaternary nitrogens is 1. The number of ether oxygens (including phenoxy) is 1. The average molecular weight is 343 g/mol. The Kier molecular flexibility index (Phi) is 4.17. The van der Waals surface area contributed by atoms with E-state index in [9.17, 15) is 4.79 Å². The Morgan fingerprint density at radius 1 is 1.23 bits per heavy atom. The first-order valence-corrected chi connectivity index (χ1v) is 8.48. The predicted molar refractivity (Wildman–Crippen MR) is 88.2 cm³/mol. The lowest BCUT2D eigenvalue weighted by molar-refractivity contribution is -0.933. The molecule has 0 spiro atoms. The van der Waals surface area contributed by atoms with E-state index in [4.69, 9.17) is 27.9 Å². The van der Waals surface area contributed by atoms with Crippen LogP contribution in [0.5, 0.6) is 0 Å². The number of carbonyl (C=O) groups is 1. The summed E-state index contributed by atoms with van der Waals surface area (Å²) in [6.45, 7) is 0. The number of hydrogen-bond acceptors (Lipinski definition) is 2. The molecule has 1 aromatic rings. The van der Waals surface area contributed by atoms with Gasteiger partial charge in [-0.05, 0) is 17.7 Å². The number of halogens is 2. The van der Waals surface area contributed by atoms with Gasteiger partial charge in [0.2, 0.25) is 0 Å². The van der Waals surface area contributed by atoms with Crippen LogP contribution >= 0.6 is 23.2 Å². The fourth-order valence-corrected chi connectivity index (χ4v) is 4.84. The van der Waals surface area contributed by atoms with Crippen LogP contribution in [0.4, 0.5) is 0 Å². The van der Waals surface area contributed by atoms with Gasteiger partial charge in [-0.3, -0.25) is 4.79 Å². The number of hydrogen-bond donors (Lipinski definition) is 0. The average Bonchev–Trinajstić information content (AvgIpc) is 2.66. The van der Waals surface area contributed by atoms with E-state index in [0.29, 0.717) is 22.1 Å². The van der Waals surface area contributed by atoms with Gasteiger partial charge in [-0.1, -0.05) is 29.3 Å². The topological polar surface area (TPSA) is 26.3 Å². The molecule has 3 nitrogen and oxygen atoms in total. The highest BCUT2D eigenvalue weighted by molar-refractivity contribution is 6.42. The largest absolute Gasteiger partial charge is 0.469 e. The zero-order chi connectivity index (χ0) is 16.1. The van der Waals surface area contributed by atoms with Gasteiger partial charge in [-0.15, -0.1) is 0 Å². The predicted octanol–water partition coefficient (Wildman–Crippen LogP) is 3.88. The van der Waals surface area contributed by atoms with Gasteiger partial charge in [0.25, 0.3) is 0 Å². The Bertz CT molecular complexity index is 602. The third kappa shape index (κ3) is 2.44. The minimum Gasteiger partial charge on any atom is -0.469 e. The van der Waals surface area contributed by atoms with E-state index >= 15 is 0 Å². The standard InChI is InChI=1S/C17H22Cl2NO2/c1-20(2)11-5-7-15(20)16(17(21)22-3)12(9-11)10-4-6-13(18)14(19)8-10/h4,6,8,11-12,15-16H,5,7,9H2,1-3H3/q+1. The van der Waals surface area contributed by atoms with Crippen molar-refractivity contribution in [3.8, 4) is 0 Å². The van der Waals surface area contributed by atoms with Gasteiger partial charge < -0.3 is 9.22 Å². The lowest BCUT2D eigenvalue weighted by atomic mass is 9.75. The van der Waals surface area contributed by atoms with Gasteiger partial charge in [0.05, 0.1) is 37.3 Å². The van der Waals surface area contributed by atoms with Crippen LogP contribution in [-0.4, -0.2) is 43.7 Å². The molecule has 2 aliphatic heterocycles. The molecule has 2 saturated heterocycles. The second-order valence-corrected chi connectivity index (χ2v) is 7.81. The summed E-state index contributed by atoms with van der Waals surface area (Å²) in [5.74, 6) is -0.0607. The van der Waals surface area contributed by atoms with Gasteiger partial charge >= 0.3 is 5.97 Å². The van der Waals surface area contributed by atoms with E-state index in [0.717, 1.165) is 22.9 Å². The molecule has 22 heavy (non-hydrogen) atoms. The molecule has 3 rings (SSSR count). The van der Waals surface area contributed by atoms with Gasteiger partial charge in [0, 0.05) is 25.2 Å². The maximum atomic E-state index is 12.5. The molecule has 2 fully saturated rings. The summed E-state index contributed by atoms with van der Waals surface area (Å²) in [6.07, 6.45) is 3.24. The zero-order valence-electron chi connectivity index (χ0n) is 13.2. The van der Waals surface area contributed by atoms with Crippen LogP contribution in [0, 0.1) is 5.92 Å². The minimum absolute atomic E-state index is 0.104. The molecular formula is C17H22Cl2NO2+. The maximum absolute atomic E-state index is 12.5. The molecular weight excluding hydrogens is 321 g/mol. The van der Waals surface area contributed by atoms with E-state index < -0.39 is 0 Å². The van der Waals surface area contributed by atoms with Crippen molar-refractivity contribution in [2.75, 3.05) is 21.2 Å². The Morgan fingerprint density at radius 3 is 2.59 bits per heavy atom. The molecule has 2 aliphatic rings. The van der Waals surface area contributed by atoms with Crippen molar-refractivity contribution in [3.05, 3.63) is 33.8 Å². The lowest BCUT2D eigenvalue weighted by Gasteiger charge is -2.47. The number of fused-ring (bicyclic) bond motifs is 2. The van der Waals surface area contributed by atoms with Crippen molar-refractivity contribution in [1.29, 1.82) is 0 Å². The summed E-state index contributed by atoms with van der Waals surface area (Å²) >= 11 is 12.2. The van der Waals surface area contributed by atoms with Crippen LogP contribution in [0.25, 0.3) is 0 Å². The van der Waals surface area contributed by atoms with Crippen LogP contribution in [-0.2, 0) is 9.53 Å². The second kappa shape index (κ2) is 5.70. The first-order chi connectivity index (χ1) is 10.4. The van der Waals surface area contributed by atoms with Crippen molar-refractivity contribution < 1.29 is 14.0 Å². The van der Waals surface area contributed by atoms with Gasteiger partial charge in [0.1, 0.15) is 12.0 Å². The molecule has 4 unspecified atom stereocenters. The number of nitrogens with zero attached hydrogens (tertiary/aromatic N) is 1. The van der Waals surface area contributed by atoms with E-state index in [-0.39, 0.29) is 17.8 Å².